The summed E-state index contributed by atoms with van der Waals surface area (Å²) in [6.45, 7) is 1.35. The second-order valence-electron chi connectivity index (χ2n) is 4.81. The monoisotopic (exact) mass is 305 g/mol. The Morgan fingerprint density at radius 1 is 1.09 bits per heavy atom. The van der Waals surface area contributed by atoms with E-state index in [1.165, 1.54) is 19.1 Å². The highest BCUT2D eigenvalue weighted by Crippen LogP contribution is 2.31. The van der Waals surface area contributed by atoms with Crippen molar-refractivity contribution < 1.29 is 18.3 Å². The van der Waals surface area contributed by atoms with Crippen LogP contribution in [0.1, 0.15) is 18.5 Å². The molecule has 0 aliphatic carbocycles. The van der Waals surface area contributed by atoms with E-state index in [-0.39, 0.29) is 12.2 Å². The van der Waals surface area contributed by atoms with E-state index in [1.54, 1.807) is 12.1 Å². The zero-order valence-corrected chi connectivity index (χ0v) is 12.1. The summed E-state index contributed by atoms with van der Waals surface area (Å²) in [4.78, 5) is 11.3. The van der Waals surface area contributed by atoms with Crippen molar-refractivity contribution in [2.24, 2.45) is 5.73 Å². The van der Waals surface area contributed by atoms with Gasteiger partial charge in [0, 0.05) is 0 Å². The zero-order chi connectivity index (χ0) is 16.2. The lowest BCUT2D eigenvalue weighted by Crippen LogP contribution is -2.41. The first-order valence-electron chi connectivity index (χ1n) is 6.92. The molecule has 5 heteroatoms. The Bertz CT molecular complexity index is 627. The fourth-order valence-electron chi connectivity index (χ4n) is 2.08. The second-order valence-corrected chi connectivity index (χ2v) is 4.81. The summed E-state index contributed by atoms with van der Waals surface area (Å²) in [5.74, 6) is -5.36. The number of benzene rings is 2. The molecule has 0 unspecified atom stereocenters. The largest absolute Gasteiger partial charge is 0.462 e. The summed E-state index contributed by atoms with van der Waals surface area (Å²) in [5.41, 5.74) is 7.58. The van der Waals surface area contributed by atoms with Crippen LogP contribution in [0.15, 0.2) is 54.6 Å². The number of nitrogens with two attached hydrogens (primary N) is 1. The summed E-state index contributed by atoms with van der Waals surface area (Å²) < 4.78 is 32.2. The molecule has 0 aliphatic rings. The third-order valence-corrected chi connectivity index (χ3v) is 3.32. The van der Waals surface area contributed by atoms with Crippen LogP contribution in [0.4, 0.5) is 8.78 Å². The molecule has 3 nitrogen and oxygen atoms in total. The molecule has 2 rings (SSSR count). The minimum atomic E-state index is -3.76. The Hall–Kier alpha value is -2.27. The molecule has 2 aromatic rings. The first kappa shape index (κ1) is 16.1. The number of esters is 1. The maximum absolute atomic E-state index is 13.9. The second kappa shape index (κ2) is 6.66. The van der Waals surface area contributed by atoms with Gasteiger partial charge in [0.25, 0.3) is 0 Å². The van der Waals surface area contributed by atoms with Crippen LogP contribution in [-0.2, 0) is 9.53 Å². The molecule has 2 aromatic carbocycles. The van der Waals surface area contributed by atoms with Crippen molar-refractivity contribution in [3.63, 3.8) is 0 Å². The number of halogens is 2. The molecular weight excluding hydrogens is 288 g/mol. The predicted octanol–water partition coefficient (Wildman–Crippen LogP) is 3.55. The van der Waals surface area contributed by atoms with Gasteiger partial charge < -0.3 is 10.5 Å². The van der Waals surface area contributed by atoms with Crippen molar-refractivity contribution in [2.45, 2.75) is 18.9 Å². The number of ether oxygens (including phenoxy) is 1. The van der Waals surface area contributed by atoms with Crippen LogP contribution < -0.4 is 5.73 Å². The minimum absolute atomic E-state index is 0.117. The van der Waals surface area contributed by atoms with Crippen LogP contribution in [0.2, 0.25) is 0 Å². The first-order chi connectivity index (χ1) is 10.5. The van der Waals surface area contributed by atoms with Gasteiger partial charge in [-0.2, -0.15) is 8.78 Å². The molecule has 22 heavy (non-hydrogen) atoms. The molecule has 0 fully saturated rings. The van der Waals surface area contributed by atoms with Crippen LogP contribution in [-0.4, -0.2) is 18.5 Å². The quantitative estimate of drug-likeness (QED) is 0.859. The maximum Gasteiger partial charge on any atom is 0.379 e. The Morgan fingerprint density at radius 3 is 2.18 bits per heavy atom. The lowest BCUT2D eigenvalue weighted by Gasteiger charge is -2.22. The first-order valence-corrected chi connectivity index (χ1v) is 6.92. The highest BCUT2D eigenvalue weighted by molar-refractivity contribution is 5.79. The zero-order valence-electron chi connectivity index (χ0n) is 12.1. The Labute approximate surface area is 127 Å². The van der Waals surface area contributed by atoms with Gasteiger partial charge in [0.05, 0.1) is 6.61 Å². The van der Waals surface area contributed by atoms with E-state index >= 15 is 0 Å². The van der Waals surface area contributed by atoms with Gasteiger partial charge in [-0.3, -0.25) is 0 Å². The molecule has 0 aromatic heterocycles. The van der Waals surface area contributed by atoms with Gasteiger partial charge in [-0.05, 0) is 23.6 Å². The topological polar surface area (TPSA) is 52.3 Å². The third-order valence-electron chi connectivity index (χ3n) is 3.32. The standard InChI is InChI=1S/C17H17F2NO2/c1-2-22-16(21)17(18,19)15(20)14-10-8-13(9-11-14)12-6-4-3-5-7-12/h3-11,15H,2,20H2,1H3/t15-/m0/s1. The smallest absolute Gasteiger partial charge is 0.379 e. The summed E-state index contributed by atoms with van der Waals surface area (Å²) in [7, 11) is 0. The van der Waals surface area contributed by atoms with Crippen molar-refractivity contribution in [2.75, 3.05) is 6.61 Å². The van der Waals surface area contributed by atoms with Crippen LogP contribution in [0.25, 0.3) is 11.1 Å². The fraction of sp³-hybridized carbons (Fsp3) is 0.235. The molecule has 1 atom stereocenters. The Morgan fingerprint density at radius 2 is 1.64 bits per heavy atom. The SMILES string of the molecule is CCOC(=O)C(F)(F)[C@@H](N)c1ccc(-c2ccccc2)cc1. The Kier molecular flexibility index (Phi) is 4.88. The van der Waals surface area contributed by atoms with E-state index in [4.69, 9.17) is 5.73 Å². The summed E-state index contributed by atoms with van der Waals surface area (Å²) in [6.07, 6.45) is 0. The van der Waals surface area contributed by atoms with E-state index in [9.17, 15) is 13.6 Å². The summed E-state index contributed by atoms with van der Waals surface area (Å²) in [6, 6.07) is 14.2. The maximum atomic E-state index is 13.9. The summed E-state index contributed by atoms with van der Waals surface area (Å²) in [5, 5.41) is 0. The molecular formula is C17H17F2NO2. The minimum Gasteiger partial charge on any atom is -0.462 e. The molecule has 0 spiro atoms. The van der Waals surface area contributed by atoms with Crippen molar-refractivity contribution >= 4 is 5.97 Å². The fourth-order valence-corrected chi connectivity index (χ4v) is 2.08. The number of rotatable bonds is 5. The lowest BCUT2D eigenvalue weighted by atomic mass is 9.98. The molecule has 2 N–H and O–H groups in total. The van der Waals surface area contributed by atoms with Gasteiger partial charge in [-0.15, -0.1) is 0 Å². The third kappa shape index (κ3) is 3.31. The molecule has 0 bridgehead atoms. The van der Waals surface area contributed by atoms with Crippen LogP contribution in [0.5, 0.6) is 0 Å². The number of carbonyl (C=O) groups excluding carboxylic acids is 1. The number of alkyl halides is 2. The van der Waals surface area contributed by atoms with E-state index in [2.05, 4.69) is 4.74 Å². The van der Waals surface area contributed by atoms with Gasteiger partial charge >= 0.3 is 11.9 Å². The number of hydrogen-bond acceptors (Lipinski definition) is 3. The highest BCUT2D eigenvalue weighted by Gasteiger charge is 2.47. The molecule has 0 aliphatic heterocycles. The molecule has 0 amide bonds. The van der Waals surface area contributed by atoms with E-state index in [1.807, 2.05) is 30.3 Å². The van der Waals surface area contributed by atoms with Gasteiger partial charge in [-0.1, -0.05) is 54.6 Å². The Balaban J connectivity index is 2.21. The molecule has 0 heterocycles. The van der Waals surface area contributed by atoms with Gasteiger partial charge in [0.15, 0.2) is 0 Å². The highest BCUT2D eigenvalue weighted by atomic mass is 19.3. The molecule has 0 saturated heterocycles. The van der Waals surface area contributed by atoms with Gasteiger partial charge in [-0.25, -0.2) is 4.79 Å². The average molecular weight is 305 g/mol. The number of hydrogen-bond donors (Lipinski definition) is 1. The van der Waals surface area contributed by atoms with Crippen molar-refractivity contribution in [3.8, 4) is 11.1 Å². The van der Waals surface area contributed by atoms with Gasteiger partial charge in [0.2, 0.25) is 0 Å². The number of carbonyl (C=O) groups is 1. The predicted molar refractivity (Wildman–Crippen MR) is 80.4 cm³/mol. The van der Waals surface area contributed by atoms with Crippen molar-refractivity contribution in [1.82, 2.24) is 0 Å². The van der Waals surface area contributed by atoms with Crippen LogP contribution in [0, 0.1) is 0 Å². The van der Waals surface area contributed by atoms with Crippen LogP contribution in [0.3, 0.4) is 0 Å². The van der Waals surface area contributed by atoms with E-state index < -0.39 is 17.9 Å². The summed E-state index contributed by atoms with van der Waals surface area (Å²) >= 11 is 0. The normalized spacial score (nSPS) is 12.7. The molecule has 116 valence electrons. The van der Waals surface area contributed by atoms with Gasteiger partial charge in [0.1, 0.15) is 6.04 Å². The lowest BCUT2D eigenvalue weighted by molar-refractivity contribution is -0.174. The van der Waals surface area contributed by atoms with Crippen molar-refractivity contribution in [1.29, 1.82) is 0 Å². The molecule has 0 radical (unpaired) electrons. The van der Waals surface area contributed by atoms with E-state index in [0.717, 1.165) is 11.1 Å². The van der Waals surface area contributed by atoms with E-state index in [0.29, 0.717) is 0 Å². The molecule has 0 saturated carbocycles. The average Bonchev–Trinajstić information content (AvgIpc) is 2.55. The van der Waals surface area contributed by atoms with Crippen molar-refractivity contribution in [3.05, 3.63) is 60.2 Å². The van der Waals surface area contributed by atoms with Crippen LogP contribution >= 0.6 is 0 Å².